The Labute approximate surface area is 106 Å². The molecule has 1 radical (unpaired) electrons. The molecule has 0 N–H and O–H groups in total. The Kier molecular flexibility index (Phi) is 12.9. The van der Waals surface area contributed by atoms with Crippen molar-refractivity contribution in [2.45, 2.75) is 32.8 Å². The molecule has 3 heteroatoms. The maximum atomic E-state index is 11.0. The Balaban J connectivity index is 0. The Bertz CT molecular complexity index is 155. The average molecular weight is 258 g/mol. The van der Waals surface area contributed by atoms with Gasteiger partial charge in [0.1, 0.15) is 0 Å². The second kappa shape index (κ2) is 10.6. The molecule has 1 unspecified atom stereocenters. The van der Waals surface area contributed by atoms with E-state index in [9.17, 15) is 4.79 Å². The predicted molar refractivity (Wildman–Crippen MR) is 49.8 cm³/mol. The minimum absolute atomic E-state index is 0. The van der Waals surface area contributed by atoms with Gasteiger partial charge in [0.25, 0.3) is 0 Å². The topological polar surface area (TPSA) is 26.3 Å². The summed E-state index contributed by atoms with van der Waals surface area (Å²) in [6, 6.07) is 0. The Morgan fingerprint density at radius 2 is 2.23 bits per heavy atom. The van der Waals surface area contributed by atoms with Crippen LogP contribution in [0.25, 0.3) is 0 Å². The Hall–Kier alpha value is 0.474. The van der Waals surface area contributed by atoms with Crippen LogP contribution in [0.3, 0.4) is 0 Å². The number of ketones is 1. The Morgan fingerprint density at radius 3 is 2.69 bits per heavy atom. The smallest absolute Gasteiger partial charge is 0.155 e. The van der Waals surface area contributed by atoms with Gasteiger partial charge in [-0.25, -0.2) is 0 Å². The van der Waals surface area contributed by atoms with Gasteiger partial charge in [-0.1, -0.05) is 12.2 Å². The molecule has 0 fully saturated rings. The summed E-state index contributed by atoms with van der Waals surface area (Å²) < 4.78 is 5.18. The first-order valence-corrected chi connectivity index (χ1v) is 4.31. The van der Waals surface area contributed by atoms with Crippen molar-refractivity contribution in [3.63, 3.8) is 0 Å². The van der Waals surface area contributed by atoms with Crippen molar-refractivity contribution in [3.05, 3.63) is 19.1 Å². The molecule has 2 nitrogen and oxygen atoms in total. The summed E-state index contributed by atoms with van der Waals surface area (Å²) in [4.78, 5) is 11.0. The van der Waals surface area contributed by atoms with E-state index in [2.05, 4.69) is 6.92 Å². The molecule has 0 bridgehead atoms. The fourth-order valence-electron chi connectivity index (χ4n) is 0.892. The van der Waals surface area contributed by atoms with Crippen molar-refractivity contribution < 1.29 is 42.2 Å². The fourth-order valence-corrected chi connectivity index (χ4v) is 0.892. The van der Waals surface area contributed by atoms with Gasteiger partial charge in [-0.3, -0.25) is 4.79 Å². The van der Waals surface area contributed by atoms with Gasteiger partial charge in [-0.15, -0.1) is 0 Å². The molecule has 0 saturated heterocycles. The monoisotopic (exact) mass is 258 g/mol. The van der Waals surface area contributed by atoms with Crippen LogP contribution < -0.4 is 0 Å². The molecule has 0 heterocycles. The summed E-state index contributed by atoms with van der Waals surface area (Å²) in [5.41, 5.74) is 0. The van der Waals surface area contributed by atoms with E-state index in [0.29, 0.717) is 19.4 Å². The van der Waals surface area contributed by atoms with Gasteiger partial charge in [-0.05, 0) is 26.3 Å². The maximum Gasteiger partial charge on any atom is 0.155 e. The molecule has 0 saturated carbocycles. The zero-order valence-corrected chi connectivity index (χ0v) is 11.3. The van der Waals surface area contributed by atoms with Crippen molar-refractivity contribution >= 4 is 5.78 Å². The van der Waals surface area contributed by atoms with E-state index in [0.717, 1.165) is 0 Å². The number of hydrogen-bond donors (Lipinski definition) is 0. The molecular formula is C10H17O2Y-. The third-order valence-corrected chi connectivity index (χ3v) is 1.47. The number of carbonyl (C=O) groups excluding carboxylic acids is 1. The minimum Gasteiger partial charge on any atom is -0.410 e. The van der Waals surface area contributed by atoms with Gasteiger partial charge in [0.05, 0.1) is 0 Å². The Morgan fingerprint density at radius 1 is 1.62 bits per heavy atom. The van der Waals surface area contributed by atoms with E-state index in [1.54, 1.807) is 12.2 Å². The fraction of sp³-hybridized carbons (Fsp3) is 0.600. The third kappa shape index (κ3) is 10.4. The number of ether oxygens (including phenoxy) is 1. The number of carbonyl (C=O) groups is 1. The van der Waals surface area contributed by atoms with Crippen molar-refractivity contribution in [2.75, 3.05) is 6.61 Å². The maximum absolute atomic E-state index is 11.0. The molecule has 0 aliphatic heterocycles. The van der Waals surface area contributed by atoms with E-state index < -0.39 is 0 Å². The van der Waals surface area contributed by atoms with E-state index in [4.69, 9.17) is 4.74 Å². The van der Waals surface area contributed by atoms with Gasteiger partial charge in [0.15, 0.2) is 5.78 Å². The largest absolute Gasteiger partial charge is 0.410 e. The first-order valence-electron chi connectivity index (χ1n) is 4.31. The van der Waals surface area contributed by atoms with Crippen LogP contribution >= 0.6 is 0 Å². The van der Waals surface area contributed by atoms with Crippen LogP contribution in [0.5, 0.6) is 0 Å². The van der Waals surface area contributed by atoms with Crippen LogP contribution in [0, 0.1) is 6.92 Å². The number of rotatable bonds is 6. The molecule has 0 aliphatic carbocycles. The second-order valence-corrected chi connectivity index (χ2v) is 2.58. The van der Waals surface area contributed by atoms with E-state index in [-0.39, 0.29) is 44.6 Å². The van der Waals surface area contributed by atoms with Crippen molar-refractivity contribution in [2.24, 2.45) is 0 Å². The molecule has 0 spiro atoms. The standard InChI is InChI=1S/C10H17O2.Y/c1-4-6-10(11)8-7-9(3)12-5-2;/h4,6,9H,3,5,7-8H2,1-2H3;/q-1;. The van der Waals surface area contributed by atoms with Crippen molar-refractivity contribution in [1.82, 2.24) is 0 Å². The molecule has 0 rings (SSSR count). The van der Waals surface area contributed by atoms with Gasteiger partial charge < -0.3 is 11.7 Å². The van der Waals surface area contributed by atoms with Crippen LogP contribution in [0.1, 0.15) is 26.7 Å². The molecule has 73 valence electrons. The molecule has 13 heavy (non-hydrogen) atoms. The molecule has 0 amide bonds. The molecule has 0 aliphatic rings. The van der Waals surface area contributed by atoms with Crippen LogP contribution in [0.2, 0.25) is 0 Å². The van der Waals surface area contributed by atoms with Crippen LogP contribution in [0.4, 0.5) is 0 Å². The van der Waals surface area contributed by atoms with Gasteiger partial charge in [0.2, 0.25) is 0 Å². The van der Waals surface area contributed by atoms with E-state index >= 15 is 0 Å². The summed E-state index contributed by atoms with van der Waals surface area (Å²) >= 11 is 0. The summed E-state index contributed by atoms with van der Waals surface area (Å²) in [7, 11) is 0. The molecular weight excluding hydrogens is 241 g/mol. The summed E-state index contributed by atoms with van der Waals surface area (Å²) in [5, 5.41) is 0. The van der Waals surface area contributed by atoms with Gasteiger partial charge >= 0.3 is 0 Å². The van der Waals surface area contributed by atoms with Crippen molar-refractivity contribution in [3.8, 4) is 0 Å². The zero-order chi connectivity index (χ0) is 9.40. The predicted octanol–water partition coefficient (Wildman–Crippen LogP) is 2.15. The normalized spacial score (nSPS) is 12.5. The SMILES string of the molecule is [CH2-]C(CCC(=O)C=CC)OCC.[Y]. The van der Waals surface area contributed by atoms with E-state index in [1.165, 1.54) is 0 Å². The average Bonchev–Trinajstić information content (AvgIpc) is 2.02. The van der Waals surface area contributed by atoms with Crippen LogP contribution in [-0.2, 0) is 42.2 Å². The van der Waals surface area contributed by atoms with Gasteiger partial charge in [0, 0.05) is 45.7 Å². The first-order chi connectivity index (χ1) is 5.70. The number of hydrogen-bond acceptors (Lipinski definition) is 2. The number of allylic oxidation sites excluding steroid dienone is 2. The molecule has 0 aromatic heterocycles. The first kappa shape index (κ1) is 15.9. The summed E-state index contributed by atoms with van der Waals surface area (Å²) in [6.45, 7) is 8.18. The second-order valence-electron chi connectivity index (χ2n) is 2.58. The molecule has 0 aromatic carbocycles. The minimum atomic E-state index is -0.0517. The third-order valence-electron chi connectivity index (χ3n) is 1.47. The summed E-state index contributed by atoms with van der Waals surface area (Å²) in [6.07, 6.45) is 4.51. The summed E-state index contributed by atoms with van der Waals surface area (Å²) in [5.74, 6) is 0.144. The molecule has 0 aromatic rings. The van der Waals surface area contributed by atoms with Crippen molar-refractivity contribution in [1.29, 1.82) is 0 Å². The quantitative estimate of drug-likeness (QED) is 0.539. The van der Waals surface area contributed by atoms with E-state index in [1.807, 2.05) is 13.8 Å². The zero-order valence-electron chi connectivity index (χ0n) is 8.45. The van der Waals surface area contributed by atoms with Crippen LogP contribution in [0.15, 0.2) is 12.2 Å². The molecule has 1 atom stereocenters. The van der Waals surface area contributed by atoms with Crippen LogP contribution in [-0.4, -0.2) is 18.5 Å². The van der Waals surface area contributed by atoms with Gasteiger partial charge in [-0.2, -0.15) is 0 Å².